The molecule has 4 aromatic carbocycles. The molecule has 0 bridgehead atoms. The lowest BCUT2D eigenvalue weighted by molar-refractivity contribution is -0.192. The highest BCUT2D eigenvalue weighted by atomic mass is 35.5. The van der Waals surface area contributed by atoms with Crippen molar-refractivity contribution in [3.8, 4) is 17.2 Å². The van der Waals surface area contributed by atoms with Gasteiger partial charge in [-0.3, -0.25) is 9.80 Å². The van der Waals surface area contributed by atoms with Gasteiger partial charge in [0, 0.05) is 61.6 Å². The third kappa shape index (κ3) is 9.43. The fraction of sp³-hybridized carbons (Fsp3) is 0.391. The third-order valence-corrected chi connectivity index (χ3v) is 12.1. The molecule has 3 unspecified atom stereocenters. The number of hydrazone groups is 1. The zero-order valence-corrected chi connectivity index (χ0v) is 37.2. The molecule has 14 nitrogen and oxygen atoms in total. The first kappa shape index (κ1) is 43.1. The van der Waals surface area contributed by atoms with Crippen LogP contribution in [0.4, 0.5) is 11.4 Å². The first-order valence-electron chi connectivity index (χ1n) is 21.0. The van der Waals surface area contributed by atoms with E-state index in [2.05, 4.69) is 49.2 Å². The normalized spacial score (nSPS) is 19.4. The topological polar surface area (TPSA) is 119 Å². The summed E-state index contributed by atoms with van der Waals surface area (Å²) >= 11 is 13.1. The molecule has 3 aliphatic heterocycles. The quantitative estimate of drug-likeness (QED) is 0.0813. The van der Waals surface area contributed by atoms with E-state index in [1.165, 1.54) is 11.6 Å². The number of hydrogen-bond acceptors (Lipinski definition) is 12. The second kappa shape index (κ2) is 18.4. The minimum atomic E-state index is -1.22. The SMILES string of the molecule is CCC(C)n1ncn(-c2ccc(N3CCN(c4ccc(OCC5COC(CN6CN(Cc7cc(C)c(OC(C)=O)c(C)c7)C=N6)(c6ccc(Cl)cc6Cl)O5)cc4)CC3)cc2)c1=O. The first-order valence-corrected chi connectivity index (χ1v) is 21.7. The highest BCUT2D eigenvalue weighted by Crippen LogP contribution is 2.41. The fourth-order valence-electron chi connectivity index (χ4n) is 8.23. The Kier molecular flexibility index (Phi) is 12.8. The molecular weight excluding hydrogens is 831 g/mol. The zero-order valence-electron chi connectivity index (χ0n) is 35.7. The molecule has 2 fully saturated rings. The molecule has 5 aromatic rings. The van der Waals surface area contributed by atoms with E-state index in [0.29, 0.717) is 41.2 Å². The predicted octanol–water partition coefficient (Wildman–Crippen LogP) is 7.55. The van der Waals surface area contributed by atoms with Crippen molar-refractivity contribution in [3.63, 3.8) is 0 Å². The predicted molar refractivity (Wildman–Crippen MR) is 241 cm³/mol. The largest absolute Gasteiger partial charge is 0.491 e. The van der Waals surface area contributed by atoms with Crippen molar-refractivity contribution in [2.45, 2.75) is 65.5 Å². The number of aryl methyl sites for hydroxylation is 2. The molecule has 3 aliphatic rings. The number of ether oxygens (including phenoxy) is 4. The van der Waals surface area contributed by atoms with E-state index in [0.717, 1.165) is 72.1 Å². The number of carbonyl (C=O) groups excluding carboxylic acids is 1. The number of aromatic nitrogens is 3. The van der Waals surface area contributed by atoms with Crippen molar-refractivity contribution < 1.29 is 23.7 Å². The second-order valence-corrected chi connectivity index (χ2v) is 17.0. The number of piperazine rings is 1. The minimum Gasteiger partial charge on any atom is -0.491 e. The molecule has 0 N–H and O–H groups in total. The van der Waals surface area contributed by atoms with Gasteiger partial charge in [-0.1, -0.05) is 48.3 Å². The number of benzene rings is 4. The summed E-state index contributed by atoms with van der Waals surface area (Å²) in [6.45, 7) is 14.8. The lowest BCUT2D eigenvalue weighted by Crippen LogP contribution is -2.46. The maximum atomic E-state index is 12.9. The summed E-state index contributed by atoms with van der Waals surface area (Å²) in [5.74, 6) is -0.226. The summed E-state index contributed by atoms with van der Waals surface area (Å²) in [6.07, 6.45) is 3.86. The van der Waals surface area contributed by atoms with Crippen LogP contribution in [0.15, 0.2) is 95.1 Å². The van der Waals surface area contributed by atoms with Crippen molar-refractivity contribution >= 4 is 46.9 Å². The van der Waals surface area contributed by atoms with Crippen LogP contribution in [-0.4, -0.2) is 95.3 Å². The van der Waals surface area contributed by atoms with Crippen LogP contribution in [0, 0.1) is 13.8 Å². The Morgan fingerprint density at radius 3 is 2.19 bits per heavy atom. The van der Waals surface area contributed by atoms with Crippen LogP contribution in [0.5, 0.6) is 11.5 Å². The Balaban J connectivity index is 0.847. The van der Waals surface area contributed by atoms with Crippen molar-refractivity contribution in [1.82, 2.24) is 24.3 Å². The van der Waals surface area contributed by atoms with Crippen LogP contribution < -0.4 is 25.0 Å². The van der Waals surface area contributed by atoms with Gasteiger partial charge in [0.2, 0.25) is 5.79 Å². The van der Waals surface area contributed by atoms with E-state index in [1.807, 2.05) is 75.2 Å². The van der Waals surface area contributed by atoms with Crippen molar-refractivity contribution in [1.29, 1.82) is 0 Å². The van der Waals surface area contributed by atoms with E-state index in [1.54, 1.807) is 29.4 Å². The zero-order chi connectivity index (χ0) is 43.5. The Hall–Kier alpha value is -5.54. The summed E-state index contributed by atoms with van der Waals surface area (Å²) in [7, 11) is 0. The Morgan fingerprint density at radius 1 is 0.919 bits per heavy atom. The molecule has 16 heteroatoms. The molecule has 326 valence electrons. The van der Waals surface area contributed by atoms with Gasteiger partial charge in [0.25, 0.3) is 0 Å². The van der Waals surface area contributed by atoms with Gasteiger partial charge in [0.1, 0.15) is 43.5 Å². The highest BCUT2D eigenvalue weighted by molar-refractivity contribution is 6.35. The van der Waals surface area contributed by atoms with E-state index in [9.17, 15) is 9.59 Å². The monoisotopic (exact) mass is 882 g/mol. The molecule has 0 saturated carbocycles. The van der Waals surface area contributed by atoms with Crippen LogP contribution in [0.25, 0.3) is 5.69 Å². The molecule has 4 heterocycles. The fourth-order valence-corrected chi connectivity index (χ4v) is 8.79. The summed E-state index contributed by atoms with van der Waals surface area (Å²) in [4.78, 5) is 31.3. The van der Waals surface area contributed by atoms with E-state index >= 15 is 0 Å². The number of esters is 1. The third-order valence-electron chi connectivity index (χ3n) is 11.6. The van der Waals surface area contributed by atoms with Gasteiger partial charge in [0.05, 0.1) is 29.9 Å². The van der Waals surface area contributed by atoms with Crippen molar-refractivity contribution in [2.24, 2.45) is 5.10 Å². The van der Waals surface area contributed by atoms with Gasteiger partial charge in [0.15, 0.2) is 0 Å². The van der Waals surface area contributed by atoms with E-state index < -0.39 is 5.79 Å². The van der Waals surface area contributed by atoms with Crippen LogP contribution in [0.3, 0.4) is 0 Å². The molecule has 62 heavy (non-hydrogen) atoms. The summed E-state index contributed by atoms with van der Waals surface area (Å²) in [5.41, 5.74) is 6.47. The molecule has 0 aliphatic carbocycles. The Labute approximate surface area is 371 Å². The molecule has 8 rings (SSSR count). The van der Waals surface area contributed by atoms with Gasteiger partial charge in [-0.25, -0.2) is 14.0 Å². The number of anilines is 2. The Bertz CT molecular complexity index is 2450. The summed E-state index contributed by atoms with van der Waals surface area (Å²) in [5, 5.41) is 11.8. The maximum absolute atomic E-state index is 12.9. The lowest BCUT2D eigenvalue weighted by atomic mass is 10.0. The van der Waals surface area contributed by atoms with Crippen molar-refractivity contribution in [3.05, 3.63) is 128 Å². The van der Waals surface area contributed by atoms with E-state index in [4.69, 9.17) is 42.1 Å². The van der Waals surface area contributed by atoms with Gasteiger partial charge < -0.3 is 33.6 Å². The molecule has 0 spiro atoms. The van der Waals surface area contributed by atoms with Crippen molar-refractivity contribution in [2.75, 3.05) is 62.4 Å². The number of halogens is 2. The number of nitrogens with zero attached hydrogens (tertiary/aromatic N) is 8. The lowest BCUT2D eigenvalue weighted by Gasteiger charge is -2.37. The van der Waals surface area contributed by atoms with E-state index in [-0.39, 0.29) is 37.0 Å². The number of rotatable bonds is 14. The van der Waals surface area contributed by atoms with Crippen LogP contribution in [0.1, 0.15) is 55.5 Å². The smallest absolute Gasteiger partial charge is 0.350 e. The summed E-state index contributed by atoms with van der Waals surface area (Å²) in [6, 6.07) is 25.7. The van der Waals surface area contributed by atoms with Crippen LogP contribution in [0.2, 0.25) is 10.0 Å². The average molecular weight is 884 g/mol. The van der Waals surface area contributed by atoms with Crippen LogP contribution in [-0.2, 0) is 26.6 Å². The molecule has 2 saturated heterocycles. The second-order valence-electron chi connectivity index (χ2n) is 16.1. The summed E-state index contributed by atoms with van der Waals surface area (Å²) < 4.78 is 28.0. The van der Waals surface area contributed by atoms with Gasteiger partial charge in [-0.2, -0.15) is 10.2 Å². The number of hydrogen-bond donors (Lipinski definition) is 0. The van der Waals surface area contributed by atoms with Gasteiger partial charge >= 0.3 is 11.7 Å². The Morgan fingerprint density at radius 2 is 1.56 bits per heavy atom. The molecule has 3 atom stereocenters. The average Bonchev–Trinajstić information content (AvgIpc) is 4.00. The molecule has 0 amide bonds. The van der Waals surface area contributed by atoms with Gasteiger partial charge in [-0.05, 0) is 105 Å². The number of carbonyl (C=O) groups is 1. The maximum Gasteiger partial charge on any atom is 0.350 e. The standard InChI is InChI=1S/C46H52Cl2N8O6/c1-6-33(4)56-45(58)55(29-50-56)39-10-8-37(9-11-39)52-17-19-53(20-18-52)38-12-14-40(15-13-38)59-25-41-26-60-46(62-41,42-16-7-36(47)23-43(42)48)27-54-30-51(28-49-54)24-35-21-31(2)44(32(3)22-35)61-34(5)57/h7-16,21-23,28-29,33,41H,6,17-20,24-27,30H2,1-5H3. The molecule has 1 aromatic heterocycles. The minimum absolute atomic E-state index is 0.0535. The first-order chi connectivity index (χ1) is 29.9. The highest BCUT2D eigenvalue weighted by Gasteiger charge is 2.47. The molecular formula is C46H52Cl2N8O6. The van der Waals surface area contributed by atoms with Gasteiger partial charge in [-0.15, -0.1) is 0 Å². The van der Waals surface area contributed by atoms with Crippen LogP contribution >= 0.6 is 23.2 Å². The molecule has 0 radical (unpaired) electrons.